The Kier molecular flexibility index (Phi) is 6.30. The molecule has 1 saturated carbocycles. The lowest BCUT2D eigenvalue weighted by molar-refractivity contribution is -0.120. The van der Waals surface area contributed by atoms with Crippen molar-refractivity contribution < 1.29 is 13.6 Å². The second-order valence-corrected chi connectivity index (χ2v) is 2.88. The molecule has 5 heteroatoms. The molecule has 0 spiro atoms. The molecule has 0 saturated heterocycles. The van der Waals surface area contributed by atoms with E-state index in [1.807, 2.05) is 0 Å². The lowest BCUT2D eigenvalue weighted by Gasteiger charge is -2.05. The number of nitrogens with two attached hydrogens (primary N) is 1. The molecule has 0 radical (unpaired) electrons. The van der Waals surface area contributed by atoms with Gasteiger partial charge < -0.3 is 4.55 Å². The van der Waals surface area contributed by atoms with Gasteiger partial charge in [-0.3, -0.25) is 14.1 Å². The van der Waals surface area contributed by atoms with Gasteiger partial charge >= 0.3 is 0 Å². The zero-order chi connectivity index (χ0) is 8.69. The second kappa shape index (κ2) is 6.45. The van der Waals surface area contributed by atoms with E-state index in [0.29, 0.717) is 5.78 Å². The highest BCUT2D eigenvalue weighted by Crippen LogP contribution is 2.12. The van der Waals surface area contributed by atoms with Gasteiger partial charge in [-0.1, -0.05) is 6.42 Å². The average Bonchev–Trinajstić information content (AvgIpc) is 1.87. The topological polar surface area (TPSA) is 83.2 Å². The SMILES string of the molecule is NS(=O)[O-].O=C1CCCCC1. The molecule has 1 aliphatic carbocycles. The molecule has 4 nitrogen and oxygen atoms in total. The first kappa shape index (κ1) is 10.7. The molecule has 0 aliphatic heterocycles. The van der Waals surface area contributed by atoms with Gasteiger partial charge in [0.1, 0.15) is 5.78 Å². The number of ketones is 1. The monoisotopic (exact) mass is 178 g/mol. The van der Waals surface area contributed by atoms with Crippen LogP contribution in [0, 0.1) is 0 Å². The van der Waals surface area contributed by atoms with Crippen molar-refractivity contribution in [3.8, 4) is 0 Å². The first-order chi connectivity index (χ1) is 5.13. The summed E-state index contributed by atoms with van der Waals surface area (Å²) in [5.41, 5.74) is 0. The van der Waals surface area contributed by atoms with E-state index in [9.17, 15) is 4.79 Å². The molecule has 2 N–H and O–H groups in total. The van der Waals surface area contributed by atoms with Crippen molar-refractivity contribution in [1.82, 2.24) is 0 Å². The summed E-state index contributed by atoms with van der Waals surface area (Å²) in [4.78, 5) is 10.5. The number of carbonyl (C=O) groups is 1. The molecule has 66 valence electrons. The van der Waals surface area contributed by atoms with Gasteiger partial charge in [-0.2, -0.15) is 0 Å². The Morgan fingerprint density at radius 3 is 1.82 bits per heavy atom. The fraction of sp³-hybridized carbons (Fsp3) is 0.833. The molecule has 0 aromatic carbocycles. The molecule has 0 aromatic rings. The Balaban J connectivity index is 0.000000218. The molecular weight excluding hydrogens is 166 g/mol. The Labute approximate surface area is 68.6 Å². The summed E-state index contributed by atoms with van der Waals surface area (Å²) in [6, 6.07) is 0. The largest absolute Gasteiger partial charge is 0.760 e. The summed E-state index contributed by atoms with van der Waals surface area (Å²) in [5.74, 6) is 0.464. The van der Waals surface area contributed by atoms with E-state index < -0.39 is 11.3 Å². The van der Waals surface area contributed by atoms with Crippen molar-refractivity contribution in [3.63, 3.8) is 0 Å². The smallest absolute Gasteiger partial charge is 0.132 e. The van der Waals surface area contributed by atoms with Crippen molar-refractivity contribution in [3.05, 3.63) is 0 Å². The van der Waals surface area contributed by atoms with Gasteiger partial charge in [0, 0.05) is 24.1 Å². The average molecular weight is 178 g/mol. The molecule has 1 atom stereocenters. The first-order valence-corrected chi connectivity index (χ1v) is 4.62. The van der Waals surface area contributed by atoms with Crippen LogP contribution in [0.5, 0.6) is 0 Å². The zero-order valence-corrected chi connectivity index (χ0v) is 7.06. The fourth-order valence-electron chi connectivity index (χ4n) is 0.946. The third-order valence-corrected chi connectivity index (χ3v) is 1.41. The van der Waals surface area contributed by atoms with Crippen molar-refractivity contribution >= 4 is 17.0 Å². The van der Waals surface area contributed by atoms with Crippen LogP contribution >= 0.6 is 0 Å². The Hall–Kier alpha value is -0.260. The fourth-order valence-corrected chi connectivity index (χ4v) is 0.946. The quantitative estimate of drug-likeness (QED) is 0.540. The van der Waals surface area contributed by atoms with E-state index in [-0.39, 0.29) is 0 Å². The van der Waals surface area contributed by atoms with Crippen molar-refractivity contribution in [2.75, 3.05) is 0 Å². The number of hydrogen-bond acceptors (Lipinski definition) is 3. The van der Waals surface area contributed by atoms with E-state index in [4.69, 9.17) is 8.76 Å². The molecule has 1 fully saturated rings. The van der Waals surface area contributed by atoms with E-state index in [2.05, 4.69) is 5.14 Å². The van der Waals surface area contributed by atoms with Crippen molar-refractivity contribution in [1.29, 1.82) is 0 Å². The molecule has 1 aliphatic rings. The lowest BCUT2D eigenvalue weighted by atomic mass is 10.00. The normalized spacial score (nSPS) is 20.0. The van der Waals surface area contributed by atoms with Crippen LogP contribution < -0.4 is 5.14 Å². The van der Waals surface area contributed by atoms with Gasteiger partial charge in [-0.15, -0.1) is 0 Å². The summed E-state index contributed by atoms with van der Waals surface area (Å²) in [7, 11) is 0. The van der Waals surface area contributed by atoms with Crippen molar-refractivity contribution in [2.24, 2.45) is 5.14 Å². The number of carbonyl (C=O) groups excluding carboxylic acids is 1. The van der Waals surface area contributed by atoms with Crippen LogP contribution in [-0.2, 0) is 16.1 Å². The predicted molar refractivity (Wildman–Crippen MR) is 41.2 cm³/mol. The maximum atomic E-state index is 10.5. The standard InChI is InChI=1S/C6H10O.H3NO2S/c7-6-4-2-1-3-5-6;1-4(2)3/h1-5H2;1H2,(H,2,3)/p-1. The molecule has 0 bridgehead atoms. The number of Topliss-reactive ketones (excluding diaryl/α,β-unsaturated/α-hetero) is 1. The minimum absolute atomic E-state index is 0.464. The van der Waals surface area contributed by atoms with Gasteiger partial charge in [0.25, 0.3) is 0 Å². The highest BCUT2D eigenvalue weighted by atomic mass is 32.2. The predicted octanol–water partition coefficient (Wildman–Crippen LogP) is 0.259. The van der Waals surface area contributed by atoms with E-state index in [1.54, 1.807) is 0 Å². The van der Waals surface area contributed by atoms with Crippen LogP contribution in [0.3, 0.4) is 0 Å². The molecular formula is C6H12NO3S-. The van der Waals surface area contributed by atoms with Crippen LogP contribution in [0.15, 0.2) is 0 Å². The third kappa shape index (κ3) is 9.74. The van der Waals surface area contributed by atoms with Crippen LogP contribution in [0.25, 0.3) is 0 Å². The molecule has 11 heavy (non-hydrogen) atoms. The highest BCUT2D eigenvalue weighted by Gasteiger charge is 2.05. The van der Waals surface area contributed by atoms with Gasteiger partial charge in [0.15, 0.2) is 0 Å². The molecule has 1 unspecified atom stereocenters. The highest BCUT2D eigenvalue weighted by molar-refractivity contribution is 7.76. The van der Waals surface area contributed by atoms with Gasteiger partial charge in [0.05, 0.1) is 0 Å². The number of hydrogen-bond donors (Lipinski definition) is 1. The molecule has 0 heterocycles. The van der Waals surface area contributed by atoms with Gasteiger partial charge in [-0.05, 0) is 12.8 Å². The van der Waals surface area contributed by atoms with Crippen LogP contribution in [0.1, 0.15) is 32.1 Å². The lowest BCUT2D eigenvalue weighted by Crippen LogP contribution is -2.02. The second-order valence-electron chi connectivity index (χ2n) is 2.36. The molecule has 0 amide bonds. The number of rotatable bonds is 0. The van der Waals surface area contributed by atoms with E-state index in [0.717, 1.165) is 25.7 Å². The summed E-state index contributed by atoms with van der Waals surface area (Å²) >= 11 is -2.36. The Morgan fingerprint density at radius 1 is 1.27 bits per heavy atom. The maximum Gasteiger partial charge on any atom is 0.132 e. The maximum absolute atomic E-state index is 10.5. The first-order valence-electron chi connectivity index (χ1n) is 3.48. The minimum Gasteiger partial charge on any atom is -0.760 e. The molecule has 1 rings (SSSR count). The Morgan fingerprint density at radius 2 is 1.64 bits per heavy atom. The van der Waals surface area contributed by atoms with Crippen molar-refractivity contribution in [2.45, 2.75) is 32.1 Å². The van der Waals surface area contributed by atoms with E-state index in [1.165, 1.54) is 6.42 Å². The summed E-state index contributed by atoms with van der Waals surface area (Å²) in [5, 5.41) is 4.03. The molecule has 0 aromatic heterocycles. The summed E-state index contributed by atoms with van der Waals surface area (Å²) in [6.07, 6.45) is 5.24. The van der Waals surface area contributed by atoms with Crippen LogP contribution in [-0.4, -0.2) is 14.5 Å². The van der Waals surface area contributed by atoms with Crippen LogP contribution in [0.4, 0.5) is 0 Å². The van der Waals surface area contributed by atoms with E-state index >= 15 is 0 Å². The third-order valence-electron chi connectivity index (χ3n) is 1.41. The Bertz CT molecular complexity index is 137. The van der Waals surface area contributed by atoms with Crippen LogP contribution in [0.2, 0.25) is 0 Å². The zero-order valence-electron chi connectivity index (χ0n) is 6.25. The van der Waals surface area contributed by atoms with Gasteiger partial charge in [-0.25, -0.2) is 0 Å². The summed E-state index contributed by atoms with van der Waals surface area (Å²) < 4.78 is 17.6. The minimum atomic E-state index is -2.36. The summed E-state index contributed by atoms with van der Waals surface area (Å²) in [6.45, 7) is 0. The van der Waals surface area contributed by atoms with Gasteiger partial charge in [0.2, 0.25) is 0 Å².